The Morgan fingerprint density at radius 1 is 0.667 bits per heavy atom. The number of phenolic OH excluding ortho intramolecular Hbond substituents is 3. The van der Waals surface area contributed by atoms with E-state index in [2.05, 4.69) is 0 Å². The van der Waals surface area contributed by atoms with Gasteiger partial charge in [-0.1, -0.05) is 6.07 Å². The molecule has 4 aliphatic heterocycles. The number of esters is 1. The molecule has 3 aromatic carbocycles. The van der Waals surface area contributed by atoms with Crippen LogP contribution in [0.1, 0.15) is 29.7 Å². The van der Waals surface area contributed by atoms with Crippen LogP contribution in [0.5, 0.6) is 46.0 Å². The van der Waals surface area contributed by atoms with Crippen LogP contribution < -0.4 is 23.7 Å². The van der Waals surface area contributed by atoms with Crippen molar-refractivity contribution in [1.29, 1.82) is 0 Å². The van der Waals surface area contributed by atoms with E-state index < -0.39 is 123 Å². The Hall–Kier alpha value is -5.71. The summed E-state index contributed by atoms with van der Waals surface area (Å²) in [6.07, 6.45) is -23.0. The number of aromatic hydroxyl groups is 3. The molecule has 24 nitrogen and oxygen atoms in total. The van der Waals surface area contributed by atoms with Crippen LogP contribution in [0, 0.1) is 0 Å². The zero-order chi connectivity index (χ0) is 50.0. The number of rotatable bonds is 15. The van der Waals surface area contributed by atoms with Gasteiger partial charge in [-0.25, -0.2) is 4.79 Å². The lowest BCUT2D eigenvalue weighted by molar-refractivity contribution is -0.325. The molecule has 0 aromatic heterocycles. The third-order valence-electron chi connectivity index (χ3n) is 11.8. The van der Waals surface area contributed by atoms with E-state index in [9.17, 15) is 66.1 Å². The summed E-state index contributed by atoms with van der Waals surface area (Å²) in [7, 11) is 3.90. The molecule has 0 bridgehead atoms. The average Bonchev–Trinajstić information content (AvgIpc) is 3.33. The SMILES string of the molecule is COc1cc(C=CC(=O)OC2C(C)OC(OCC3OC(OC4=Cc5c(cc(O)cc5OC5OC(CO)C(O)C(O)C5O)OC4c4cc(OC)c(O)c(OC)c4)C(O)C(O)C3O)C(O)C2O)ccc1O. The van der Waals surface area contributed by atoms with Gasteiger partial charge in [0.2, 0.25) is 18.3 Å². The minimum absolute atomic E-state index is 0.00592. The number of methoxy groups -OCH3 is 3. The first kappa shape index (κ1) is 51.1. The molecule has 0 spiro atoms. The maximum atomic E-state index is 12.7. The summed E-state index contributed by atoms with van der Waals surface area (Å²) < 4.78 is 62.5. The predicted octanol–water partition coefficient (Wildman–Crippen LogP) is -1.58. The number of aliphatic hydroxyl groups is 9. The fraction of sp³-hybridized carbons (Fsp3) is 0.489. The second-order valence-electron chi connectivity index (χ2n) is 16.3. The van der Waals surface area contributed by atoms with Crippen molar-refractivity contribution in [2.24, 2.45) is 0 Å². The van der Waals surface area contributed by atoms with Gasteiger partial charge in [-0.05, 0) is 48.9 Å². The molecule has 0 radical (unpaired) electrons. The number of phenols is 3. The average molecular weight is 979 g/mol. The molecule has 3 saturated heterocycles. The van der Waals surface area contributed by atoms with Gasteiger partial charge in [0, 0.05) is 23.8 Å². The first-order chi connectivity index (χ1) is 32.9. The Balaban J connectivity index is 1.11. The number of hydrogen-bond donors (Lipinski definition) is 12. The van der Waals surface area contributed by atoms with Gasteiger partial charge in [0.1, 0.15) is 84.0 Å². The Morgan fingerprint density at radius 2 is 1.28 bits per heavy atom. The van der Waals surface area contributed by atoms with Gasteiger partial charge in [-0.2, -0.15) is 0 Å². The van der Waals surface area contributed by atoms with E-state index in [0.717, 1.165) is 12.1 Å². The van der Waals surface area contributed by atoms with Crippen molar-refractivity contribution in [3.63, 3.8) is 0 Å². The molecule has 12 N–H and O–H groups in total. The van der Waals surface area contributed by atoms with Crippen LogP contribution >= 0.6 is 0 Å². The van der Waals surface area contributed by atoms with E-state index in [0.29, 0.717) is 5.56 Å². The number of ether oxygens (including phenoxy) is 11. The number of aliphatic hydroxyl groups excluding tert-OH is 9. The molecule has 0 aliphatic carbocycles. The zero-order valence-electron chi connectivity index (χ0n) is 37.2. The molecule has 24 heteroatoms. The molecule has 0 saturated carbocycles. The first-order valence-electron chi connectivity index (χ1n) is 21.3. The van der Waals surface area contributed by atoms with Crippen molar-refractivity contribution >= 4 is 18.1 Å². The van der Waals surface area contributed by atoms with Gasteiger partial charge in [-0.3, -0.25) is 0 Å². The zero-order valence-corrected chi connectivity index (χ0v) is 37.2. The van der Waals surface area contributed by atoms with Crippen LogP contribution in [0.3, 0.4) is 0 Å². The molecule has 3 fully saturated rings. The second-order valence-corrected chi connectivity index (χ2v) is 16.3. The Kier molecular flexibility index (Phi) is 15.9. The van der Waals surface area contributed by atoms with Crippen LogP contribution in [-0.4, -0.2) is 194 Å². The maximum Gasteiger partial charge on any atom is 0.331 e. The van der Waals surface area contributed by atoms with E-state index >= 15 is 0 Å². The highest BCUT2D eigenvalue weighted by Gasteiger charge is 2.50. The molecular formula is C45H54O24. The van der Waals surface area contributed by atoms with Crippen LogP contribution in [-0.2, 0) is 33.2 Å². The topological polar surface area (TPSA) is 361 Å². The van der Waals surface area contributed by atoms with Crippen LogP contribution in [0.25, 0.3) is 12.2 Å². The summed E-state index contributed by atoms with van der Waals surface area (Å²) in [6.45, 7) is -0.00268. The van der Waals surface area contributed by atoms with Gasteiger partial charge >= 0.3 is 5.97 Å². The molecule has 69 heavy (non-hydrogen) atoms. The lowest BCUT2D eigenvalue weighted by Gasteiger charge is -2.43. The lowest BCUT2D eigenvalue weighted by atomic mass is 9.97. The summed E-state index contributed by atoms with van der Waals surface area (Å²) in [5.41, 5.74) is 0.648. The summed E-state index contributed by atoms with van der Waals surface area (Å²) in [4.78, 5) is 12.7. The second kappa shape index (κ2) is 21.5. The number of hydrogen-bond acceptors (Lipinski definition) is 24. The molecule has 3 aromatic rings. The highest BCUT2D eigenvalue weighted by atomic mass is 16.7. The van der Waals surface area contributed by atoms with Crippen molar-refractivity contribution in [2.45, 2.75) is 105 Å². The van der Waals surface area contributed by atoms with Crippen molar-refractivity contribution in [1.82, 2.24) is 0 Å². The standard InChI is InChI=1S/C45H54O24/c1-17-41(69-31(49)8-6-18-5-7-22(48)25(9-18)59-2)37(55)40(58)43(63-17)62-16-30-34(52)36(54)39(57)45(68-30)66-28-14-21-23(64-42(28)19-10-26(60-3)32(50)27(11-19)61-4)12-20(47)13-24(21)65-44-38(56)35(53)33(51)29(15-46)67-44/h5-14,17,29-30,33-48,50-58H,15-16H2,1-4H3. The van der Waals surface area contributed by atoms with Crippen molar-refractivity contribution in [3.8, 4) is 46.0 Å². The first-order valence-corrected chi connectivity index (χ1v) is 21.3. The number of carbonyl (C=O) groups excluding carboxylic acids is 1. The maximum absolute atomic E-state index is 12.7. The summed E-state index contributed by atoms with van der Waals surface area (Å²) in [5.74, 6) is -2.39. The molecule has 4 heterocycles. The highest BCUT2D eigenvalue weighted by Crippen LogP contribution is 2.48. The lowest BCUT2D eigenvalue weighted by Crippen LogP contribution is -2.61. The van der Waals surface area contributed by atoms with Crippen LogP contribution in [0.15, 0.2) is 54.3 Å². The van der Waals surface area contributed by atoms with Gasteiger partial charge in [0.25, 0.3) is 0 Å². The molecule has 0 amide bonds. The van der Waals surface area contributed by atoms with E-state index in [4.69, 9.17) is 52.1 Å². The quantitative estimate of drug-likeness (QED) is 0.0604. The summed E-state index contributed by atoms with van der Waals surface area (Å²) in [6, 6.07) is 9.32. The van der Waals surface area contributed by atoms with Crippen LogP contribution in [0.2, 0.25) is 0 Å². The van der Waals surface area contributed by atoms with E-state index in [1.165, 1.54) is 76.8 Å². The molecule has 16 atom stereocenters. The largest absolute Gasteiger partial charge is 0.508 e. The minimum atomic E-state index is -1.98. The van der Waals surface area contributed by atoms with Gasteiger partial charge in [0.15, 0.2) is 41.5 Å². The Bertz CT molecular complexity index is 2310. The van der Waals surface area contributed by atoms with E-state index in [-0.39, 0.29) is 57.1 Å². The molecule has 16 unspecified atom stereocenters. The highest BCUT2D eigenvalue weighted by molar-refractivity contribution is 5.87. The van der Waals surface area contributed by atoms with Crippen molar-refractivity contribution in [3.05, 3.63) is 71.0 Å². The van der Waals surface area contributed by atoms with Gasteiger partial charge in [0.05, 0.1) is 46.2 Å². The molecular weight excluding hydrogens is 924 g/mol. The third-order valence-corrected chi connectivity index (χ3v) is 11.8. The molecule has 7 rings (SSSR count). The Morgan fingerprint density at radius 3 is 1.91 bits per heavy atom. The monoisotopic (exact) mass is 978 g/mol. The fourth-order valence-corrected chi connectivity index (χ4v) is 7.93. The number of fused-ring (bicyclic) bond motifs is 1. The van der Waals surface area contributed by atoms with E-state index in [1.807, 2.05) is 0 Å². The molecule has 378 valence electrons. The number of carbonyl (C=O) groups is 1. The van der Waals surface area contributed by atoms with Gasteiger partial charge in [-0.15, -0.1) is 0 Å². The smallest absolute Gasteiger partial charge is 0.331 e. The summed E-state index contributed by atoms with van der Waals surface area (Å²) >= 11 is 0. The normalized spacial score (nSPS) is 33.4. The third kappa shape index (κ3) is 10.7. The number of benzene rings is 3. The minimum Gasteiger partial charge on any atom is -0.508 e. The Labute approximate surface area is 392 Å². The fourth-order valence-electron chi connectivity index (χ4n) is 7.93. The van der Waals surface area contributed by atoms with Crippen molar-refractivity contribution < 1.29 is 118 Å². The van der Waals surface area contributed by atoms with E-state index in [1.54, 1.807) is 0 Å². The molecule has 4 aliphatic rings. The predicted molar refractivity (Wildman–Crippen MR) is 229 cm³/mol. The summed E-state index contributed by atoms with van der Waals surface area (Å²) in [5, 5.41) is 128. The van der Waals surface area contributed by atoms with Crippen LogP contribution in [0.4, 0.5) is 0 Å². The van der Waals surface area contributed by atoms with Gasteiger partial charge < -0.3 is 113 Å². The van der Waals surface area contributed by atoms with Crippen molar-refractivity contribution in [2.75, 3.05) is 34.5 Å².